The Balaban J connectivity index is 0.000000221. The highest BCUT2D eigenvalue weighted by Gasteiger charge is 2.01. The van der Waals surface area contributed by atoms with E-state index < -0.39 is 0 Å². The number of ether oxygens (including phenoxy) is 1. The maximum atomic E-state index is 9.18. The molecular formula is C10H11BrN2O3. The number of hydrogen-bond donors (Lipinski definition) is 2. The molecule has 0 spiro atoms. The maximum absolute atomic E-state index is 9.18. The second-order valence-electron chi connectivity index (χ2n) is 2.79. The SMILES string of the molecule is CCOC=O.Oc1n[nH]c2cc(Br)ccc12. The summed E-state index contributed by atoms with van der Waals surface area (Å²) in [6.07, 6.45) is 0. The van der Waals surface area contributed by atoms with E-state index in [9.17, 15) is 4.79 Å². The molecular weight excluding hydrogens is 276 g/mol. The molecule has 6 heteroatoms. The molecule has 5 nitrogen and oxygen atoms in total. The number of nitrogens with one attached hydrogen (secondary N) is 1. The monoisotopic (exact) mass is 286 g/mol. The van der Waals surface area contributed by atoms with E-state index in [0.717, 1.165) is 15.4 Å². The van der Waals surface area contributed by atoms with Crippen LogP contribution in [0.15, 0.2) is 22.7 Å². The summed E-state index contributed by atoms with van der Waals surface area (Å²) in [4.78, 5) is 9.18. The van der Waals surface area contributed by atoms with E-state index in [0.29, 0.717) is 13.1 Å². The molecule has 0 bridgehead atoms. The zero-order valence-electron chi connectivity index (χ0n) is 8.61. The topological polar surface area (TPSA) is 75.2 Å². The van der Waals surface area contributed by atoms with Gasteiger partial charge in [0.25, 0.3) is 6.47 Å². The van der Waals surface area contributed by atoms with Crippen molar-refractivity contribution in [3.63, 3.8) is 0 Å². The first-order valence-corrected chi connectivity index (χ1v) is 5.36. The Kier molecular flexibility index (Phi) is 4.78. The van der Waals surface area contributed by atoms with Gasteiger partial charge in [-0.3, -0.25) is 9.89 Å². The molecule has 1 heterocycles. The first-order chi connectivity index (χ1) is 7.69. The van der Waals surface area contributed by atoms with Crippen molar-refractivity contribution < 1.29 is 14.6 Å². The van der Waals surface area contributed by atoms with Crippen molar-refractivity contribution in [3.8, 4) is 5.88 Å². The summed E-state index contributed by atoms with van der Waals surface area (Å²) in [6, 6.07) is 5.53. The molecule has 1 aromatic carbocycles. The Labute approximate surface area is 101 Å². The maximum Gasteiger partial charge on any atom is 0.293 e. The lowest BCUT2D eigenvalue weighted by molar-refractivity contribution is -0.128. The predicted molar refractivity (Wildman–Crippen MR) is 63.1 cm³/mol. The van der Waals surface area contributed by atoms with Gasteiger partial charge in [0.2, 0.25) is 5.88 Å². The molecule has 0 aliphatic rings. The molecule has 86 valence electrons. The number of carbonyl (C=O) groups excluding carboxylic acids is 1. The number of fused-ring (bicyclic) bond motifs is 1. The molecule has 1 aromatic heterocycles. The number of hydrogen-bond acceptors (Lipinski definition) is 4. The number of aromatic hydroxyl groups is 1. The third-order valence-electron chi connectivity index (χ3n) is 1.74. The van der Waals surface area contributed by atoms with Gasteiger partial charge in [0, 0.05) is 4.47 Å². The van der Waals surface area contributed by atoms with Crippen molar-refractivity contribution in [2.75, 3.05) is 6.61 Å². The molecule has 0 unspecified atom stereocenters. The van der Waals surface area contributed by atoms with Crippen LogP contribution in [0.5, 0.6) is 5.88 Å². The summed E-state index contributed by atoms with van der Waals surface area (Å²) >= 11 is 3.31. The lowest BCUT2D eigenvalue weighted by atomic mass is 10.2. The summed E-state index contributed by atoms with van der Waals surface area (Å²) in [5, 5.41) is 16.2. The van der Waals surface area contributed by atoms with Crippen LogP contribution in [0.4, 0.5) is 0 Å². The van der Waals surface area contributed by atoms with Gasteiger partial charge in [-0.15, -0.1) is 5.10 Å². The fourth-order valence-corrected chi connectivity index (χ4v) is 1.41. The first kappa shape index (κ1) is 12.5. The summed E-state index contributed by atoms with van der Waals surface area (Å²) in [5.74, 6) is 0.0486. The number of rotatable bonds is 2. The standard InChI is InChI=1S/C7H5BrN2O.C3H6O2/c8-4-1-2-5-6(3-4)9-10-7(5)11;1-2-5-3-4/h1-3H,(H2,9,10,11);3H,2H2,1H3. The number of aromatic amines is 1. The smallest absolute Gasteiger partial charge is 0.293 e. The van der Waals surface area contributed by atoms with Crippen LogP contribution in [0.1, 0.15) is 6.92 Å². The largest absolute Gasteiger partial charge is 0.492 e. The molecule has 0 saturated carbocycles. The third kappa shape index (κ3) is 3.23. The van der Waals surface area contributed by atoms with Crippen molar-refractivity contribution in [1.82, 2.24) is 10.2 Å². The van der Waals surface area contributed by atoms with Gasteiger partial charge in [-0.25, -0.2) is 0 Å². The number of benzene rings is 1. The van der Waals surface area contributed by atoms with Gasteiger partial charge in [0.15, 0.2) is 0 Å². The lowest BCUT2D eigenvalue weighted by Crippen LogP contribution is -1.80. The molecule has 16 heavy (non-hydrogen) atoms. The van der Waals surface area contributed by atoms with Crippen LogP contribution in [0.2, 0.25) is 0 Å². The van der Waals surface area contributed by atoms with Crippen LogP contribution >= 0.6 is 15.9 Å². The van der Waals surface area contributed by atoms with E-state index >= 15 is 0 Å². The number of H-pyrrole nitrogens is 1. The third-order valence-corrected chi connectivity index (χ3v) is 2.23. The average Bonchev–Trinajstić information content (AvgIpc) is 2.62. The quantitative estimate of drug-likeness (QED) is 0.830. The van der Waals surface area contributed by atoms with Crippen molar-refractivity contribution in [2.24, 2.45) is 0 Å². The number of nitrogens with zero attached hydrogens (tertiary/aromatic N) is 1. The molecule has 0 aliphatic carbocycles. The minimum Gasteiger partial charge on any atom is -0.492 e. The van der Waals surface area contributed by atoms with Crippen LogP contribution in [0, 0.1) is 0 Å². The van der Waals surface area contributed by atoms with Gasteiger partial charge in [-0.05, 0) is 25.1 Å². The summed E-state index contributed by atoms with van der Waals surface area (Å²) in [6.45, 7) is 2.66. The van der Waals surface area contributed by atoms with E-state index in [1.165, 1.54) is 0 Å². The van der Waals surface area contributed by atoms with Crippen LogP contribution in [-0.4, -0.2) is 28.4 Å². The normalized spacial score (nSPS) is 9.38. The number of halogens is 1. The fourth-order valence-electron chi connectivity index (χ4n) is 1.05. The van der Waals surface area contributed by atoms with E-state index in [-0.39, 0.29) is 5.88 Å². The molecule has 0 amide bonds. The Bertz CT molecular complexity index is 470. The molecule has 0 radical (unpaired) electrons. The minimum absolute atomic E-state index is 0.0486. The summed E-state index contributed by atoms with van der Waals surface area (Å²) in [5.41, 5.74) is 0.830. The molecule has 0 aliphatic heterocycles. The zero-order valence-corrected chi connectivity index (χ0v) is 10.2. The van der Waals surface area contributed by atoms with Crippen LogP contribution in [-0.2, 0) is 9.53 Å². The van der Waals surface area contributed by atoms with Crippen molar-refractivity contribution in [2.45, 2.75) is 6.92 Å². The van der Waals surface area contributed by atoms with Gasteiger partial charge in [-0.1, -0.05) is 15.9 Å². The molecule has 2 aromatic rings. The molecule has 2 rings (SSSR count). The highest BCUT2D eigenvalue weighted by atomic mass is 79.9. The Morgan fingerprint density at radius 1 is 1.62 bits per heavy atom. The first-order valence-electron chi connectivity index (χ1n) is 4.57. The van der Waals surface area contributed by atoms with Gasteiger partial charge in [-0.2, -0.15) is 0 Å². The minimum atomic E-state index is 0.0486. The fraction of sp³-hybridized carbons (Fsp3) is 0.200. The zero-order chi connectivity index (χ0) is 12.0. The number of aromatic nitrogens is 2. The Hall–Kier alpha value is -1.56. The van der Waals surface area contributed by atoms with Crippen LogP contribution in [0.3, 0.4) is 0 Å². The van der Waals surface area contributed by atoms with Crippen molar-refractivity contribution in [1.29, 1.82) is 0 Å². The summed E-state index contributed by atoms with van der Waals surface area (Å²) in [7, 11) is 0. The molecule has 0 saturated heterocycles. The van der Waals surface area contributed by atoms with Gasteiger partial charge in [0.05, 0.1) is 17.5 Å². The van der Waals surface area contributed by atoms with E-state index in [2.05, 4.69) is 30.9 Å². The van der Waals surface area contributed by atoms with E-state index in [1.54, 1.807) is 13.0 Å². The second kappa shape index (κ2) is 6.12. The summed E-state index contributed by atoms with van der Waals surface area (Å²) < 4.78 is 5.12. The van der Waals surface area contributed by atoms with Gasteiger partial charge >= 0.3 is 0 Å². The average molecular weight is 287 g/mol. The molecule has 2 N–H and O–H groups in total. The van der Waals surface area contributed by atoms with Crippen molar-refractivity contribution >= 4 is 33.3 Å². The second-order valence-corrected chi connectivity index (χ2v) is 3.70. The van der Waals surface area contributed by atoms with Gasteiger partial charge < -0.3 is 9.84 Å². The molecule has 0 fully saturated rings. The Morgan fingerprint density at radius 3 is 2.94 bits per heavy atom. The van der Waals surface area contributed by atoms with E-state index in [4.69, 9.17) is 5.11 Å². The highest BCUT2D eigenvalue weighted by molar-refractivity contribution is 9.10. The molecule has 0 atom stereocenters. The van der Waals surface area contributed by atoms with E-state index in [1.807, 2.05) is 12.1 Å². The van der Waals surface area contributed by atoms with Crippen LogP contribution < -0.4 is 0 Å². The highest BCUT2D eigenvalue weighted by Crippen LogP contribution is 2.23. The Morgan fingerprint density at radius 2 is 2.38 bits per heavy atom. The lowest BCUT2D eigenvalue weighted by Gasteiger charge is -1.88. The van der Waals surface area contributed by atoms with Crippen molar-refractivity contribution in [3.05, 3.63) is 22.7 Å². The van der Waals surface area contributed by atoms with Crippen LogP contribution in [0.25, 0.3) is 10.9 Å². The predicted octanol–water partition coefficient (Wildman–Crippen LogP) is 2.21. The van der Waals surface area contributed by atoms with Gasteiger partial charge in [0.1, 0.15) is 0 Å². The number of carbonyl (C=O) groups is 1.